The van der Waals surface area contributed by atoms with Crippen molar-refractivity contribution in [3.63, 3.8) is 0 Å². The summed E-state index contributed by atoms with van der Waals surface area (Å²) in [6.07, 6.45) is 4.11. The predicted molar refractivity (Wildman–Crippen MR) is 68.3 cm³/mol. The highest BCUT2D eigenvalue weighted by Crippen LogP contribution is 2.36. The van der Waals surface area contributed by atoms with Gasteiger partial charge in [-0.1, -0.05) is 15.9 Å². The third-order valence-corrected chi connectivity index (χ3v) is 3.69. The minimum atomic E-state index is 0.306. The van der Waals surface area contributed by atoms with E-state index in [2.05, 4.69) is 22.0 Å². The summed E-state index contributed by atoms with van der Waals surface area (Å²) in [5.41, 5.74) is 0.933. The first-order valence-corrected chi connectivity index (χ1v) is 6.44. The molecule has 0 saturated heterocycles. The Balaban J connectivity index is 2.26. The van der Waals surface area contributed by atoms with Gasteiger partial charge in [-0.2, -0.15) is 5.26 Å². The molecule has 3 nitrogen and oxygen atoms in total. The molecule has 0 bridgehead atoms. The lowest BCUT2D eigenvalue weighted by Gasteiger charge is -2.27. The monoisotopic (exact) mass is 295 g/mol. The van der Waals surface area contributed by atoms with Crippen LogP contribution in [0.1, 0.15) is 24.8 Å². The molecule has 1 aromatic carbocycles. The van der Waals surface area contributed by atoms with E-state index >= 15 is 0 Å². The van der Waals surface area contributed by atoms with Crippen LogP contribution in [0.4, 0.5) is 0 Å². The van der Waals surface area contributed by atoms with E-state index in [-0.39, 0.29) is 0 Å². The fraction of sp³-hybridized carbons (Fsp3) is 0.462. The standard InChI is InChI=1S/C13H14BrNO2/c1-16-12-8-11(14)9(5-6-15)7-13(12)17-10-3-2-4-10/h7-8,10H,2-5H2,1H3. The van der Waals surface area contributed by atoms with Crippen LogP contribution in [0.15, 0.2) is 16.6 Å². The summed E-state index contributed by atoms with van der Waals surface area (Å²) in [7, 11) is 1.62. The van der Waals surface area contributed by atoms with Gasteiger partial charge in [-0.3, -0.25) is 0 Å². The van der Waals surface area contributed by atoms with E-state index in [0.29, 0.717) is 18.3 Å². The molecule has 0 unspecified atom stereocenters. The maximum absolute atomic E-state index is 8.76. The molecular formula is C13H14BrNO2. The number of hydrogen-bond donors (Lipinski definition) is 0. The van der Waals surface area contributed by atoms with E-state index in [0.717, 1.165) is 28.6 Å². The Morgan fingerprint density at radius 2 is 2.18 bits per heavy atom. The van der Waals surface area contributed by atoms with Gasteiger partial charge in [0.15, 0.2) is 11.5 Å². The lowest BCUT2D eigenvalue weighted by molar-refractivity contribution is 0.116. The smallest absolute Gasteiger partial charge is 0.161 e. The average molecular weight is 296 g/mol. The number of benzene rings is 1. The average Bonchev–Trinajstić information content (AvgIpc) is 2.27. The lowest BCUT2D eigenvalue weighted by Crippen LogP contribution is -2.24. The quantitative estimate of drug-likeness (QED) is 0.854. The Morgan fingerprint density at radius 1 is 1.41 bits per heavy atom. The van der Waals surface area contributed by atoms with E-state index in [1.165, 1.54) is 6.42 Å². The van der Waals surface area contributed by atoms with Crippen LogP contribution in [0.25, 0.3) is 0 Å². The summed E-state index contributed by atoms with van der Waals surface area (Å²) in [4.78, 5) is 0. The van der Waals surface area contributed by atoms with Crippen molar-refractivity contribution >= 4 is 15.9 Å². The van der Waals surface area contributed by atoms with Crippen molar-refractivity contribution in [1.82, 2.24) is 0 Å². The van der Waals surface area contributed by atoms with Crippen molar-refractivity contribution in [2.75, 3.05) is 7.11 Å². The van der Waals surface area contributed by atoms with E-state index in [1.807, 2.05) is 12.1 Å². The minimum absolute atomic E-state index is 0.306. The first-order valence-electron chi connectivity index (χ1n) is 5.64. The summed E-state index contributed by atoms with van der Waals surface area (Å²) in [6, 6.07) is 5.90. The Hall–Kier alpha value is -1.21. The number of ether oxygens (including phenoxy) is 2. The minimum Gasteiger partial charge on any atom is -0.493 e. The SMILES string of the molecule is COc1cc(Br)c(CC#N)cc1OC1CCC1. The fourth-order valence-electron chi connectivity index (χ4n) is 1.72. The van der Waals surface area contributed by atoms with Crippen LogP contribution >= 0.6 is 15.9 Å². The number of rotatable bonds is 4. The Kier molecular flexibility index (Phi) is 3.90. The van der Waals surface area contributed by atoms with Gasteiger partial charge in [-0.15, -0.1) is 0 Å². The van der Waals surface area contributed by atoms with E-state index in [4.69, 9.17) is 14.7 Å². The van der Waals surface area contributed by atoms with E-state index < -0.39 is 0 Å². The summed E-state index contributed by atoms with van der Waals surface area (Å²) in [5.74, 6) is 1.45. The Morgan fingerprint density at radius 3 is 2.71 bits per heavy atom. The van der Waals surface area contributed by atoms with Gasteiger partial charge >= 0.3 is 0 Å². The van der Waals surface area contributed by atoms with Gasteiger partial charge in [0.2, 0.25) is 0 Å². The normalized spacial score (nSPS) is 14.9. The van der Waals surface area contributed by atoms with Crippen molar-refractivity contribution in [2.45, 2.75) is 31.8 Å². The van der Waals surface area contributed by atoms with Crippen molar-refractivity contribution in [2.24, 2.45) is 0 Å². The fourth-order valence-corrected chi connectivity index (χ4v) is 2.18. The third-order valence-electron chi connectivity index (χ3n) is 2.95. The molecular weight excluding hydrogens is 282 g/mol. The van der Waals surface area contributed by atoms with Crippen LogP contribution in [-0.2, 0) is 6.42 Å². The molecule has 0 spiro atoms. The second-order valence-electron chi connectivity index (χ2n) is 4.10. The summed E-state index contributed by atoms with van der Waals surface area (Å²) >= 11 is 3.43. The topological polar surface area (TPSA) is 42.2 Å². The van der Waals surface area contributed by atoms with Gasteiger partial charge in [-0.05, 0) is 37.0 Å². The molecule has 0 amide bonds. The molecule has 17 heavy (non-hydrogen) atoms. The van der Waals surface area contributed by atoms with Crippen LogP contribution in [-0.4, -0.2) is 13.2 Å². The molecule has 0 atom stereocenters. The molecule has 4 heteroatoms. The van der Waals surface area contributed by atoms with Crippen molar-refractivity contribution in [1.29, 1.82) is 5.26 Å². The second kappa shape index (κ2) is 5.42. The zero-order chi connectivity index (χ0) is 12.3. The molecule has 90 valence electrons. The zero-order valence-corrected chi connectivity index (χ0v) is 11.3. The number of nitrogens with zero attached hydrogens (tertiary/aromatic N) is 1. The molecule has 2 rings (SSSR count). The zero-order valence-electron chi connectivity index (χ0n) is 9.70. The van der Waals surface area contributed by atoms with Crippen molar-refractivity contribution < 1.29 is 9.47 Å². The number of methoxy groups -OCH3 is 1. The number of hydrogen-bond acceptors (Lipinski definition) is 3. The maximum atomic E-state index is 8.76. The number of nitriles is 1. The van der Waals surface area contributed by atoms with Crippen LogP contribution in [0.5, 0.6) is 11.5 Å². The summed E-state index contributed by atoms with van der Waals surface area (Å²) < 4.78 is 12.0. The Bertz CT molecular complexity index is 449. The van der Waals surface area contributed by atoms with Crippen molar-refractivity contribution in [3.8, 4) is 17.6 Å². The highest BCUT2D eigenvalue weighted by molar-refractivity contribution is 9.10. The first kappa shape index (κ1) is 12.3. The predicted octanol–water partition coefficient (Wildman–Crippen LogP) is 3.46. The van der Waals surface area contributed by atoms with Gasteiger partial charge in [0.1, 0.15) is 0 Å². The summed E-state index contributed by atoms with van der Waals surface area (Å²) in [5, 5.41) is 8.76. The van der Waals surface area contributed by atoms with Crippen LogP contribution in [0.3, 0.4) is 0 Å². The largest absolute Gasteiger partial charge is 0.493 e. The van der Waals surface area contributed by atoms with E-state index in [9.17, 15) is 0 Å². The number of halogens is 1. The maximum Gasteiger partial charge on any atom is 0.161 e. The van der Waals surface area contributed by atoms with Crippen LogP contribution in [0.2, 0.25) is 0 Å². The van der Waals surface area contributed by atoms with Crippen molar-refractivity contribution in [3.05, 3.63) is 22.2 Å². The van der Waals surface area contributed by atoms with Crippen LogP contribution in [0, 0.1) is 11.3 Å². The highest BCUT2D eigenvalue weighted by atomic mass is 79.9. The van der Waals surface area contributed by atoms with Gasteiger partial charge < -0.3 is 9.47 Å². The second-order valence-corrected chi connectivity index (χ2v) is 4.95. The molecule has 1 saturated carbocycles. The van der Waals surface area contributed by atoms with Gasteiger partial charge in [-0.25, -0.2) is 0 Å². The highest BCUT2D eigenvalue weighted by Gasteiger charge is 2.21. The molecule has 0 radical (unpaired) electrons. The molecule has 1 aliphatic carbocycles. The van der Waals surface area contributed by atoms with Gasteiger partial charge in [0.25, 0.3) is 0 Å². The van der Waals surface area contributed by atoms with E-state index in [1.54, 1.807) is 7.11 Å². The first-order chi connectivity index (χ1) is 8.24. The van der Waals surface area contributed by atoms with Crippen LogP contribution < -0.4 is 9.47 Å². The molecule has 1 aliphatic rings. The summed E-state index contributed by atoms with van der Waals surface area (Å²) in [6.45, 7) is 0. The molecule has 0 heterocycles. The molecule has 0 N–H and O–H groups in total. The molecule has 0 aliphatic heterocycles. The Labute approximate surface area is 109 Å². The van der Waals surface area contributed by atoms with Gasteiger partial charge in [0, 0.05) is 4.47 Å². The molecule has 0 aromatic heterocycles. The van der Waals surface area contributed by atoms with Gasteiger partial charge in [0.05, 0.1) is 25.7 Å². The molecule has 1 fully saturated rings. The molecule has 1 aromatic rings. The third kappa shape index (κ3) is 2.73. The lowest BCUT2D eigenvalue weighted by atomic mass is 9.96.